The van der Waals surface area contributed by atoms with Crippen LogP contribution >= 0.6 is 0 Å². The molecular formula is C17H19NO3. The Morgan fingerprint density at radius 3 is 3.00 bits per heavy atom. The van der Waals surface area contributed by atoms with E-state index in [0.29, 0.717) is 18.4 Å². The topological polar surface area (TPSA) is 53.7 Å². The van der Waals surface area contributed by atoms with E-state index in [0.717, 1.165) is 29.7 Å². The first-order valence-corrected chi connectivity index (χ1v) is 7.66. The molecule has 0 amide bonds. The van der Waals surface area contributed by atoms with E-state index in [2.05, 4.69) is 4.90 Å². The molecule has 1 saturated carbocycles. The maximum atomic E-state index is 11.6. The second-order valence-electron chi connectivity index (χ2n) is 6.32. The molecule has 4 heteroatoms. The van der Waals surface area contributed by atoms with Crippen LogP contribution in [0.1, 0.15) is 25.0 Å². The molecule has 110 valence electrons. The summed E-state index contributed by atoms with van der Waals surface area (Å²) in [5.74, 6) is 1.06. The van der Waals surface area contributed by atoms with Crippen molar-refractivity contribution in [1.82, 2.24) is 4.90 Å². The van der Waals surface area contributed by atoms with Crippen molar-refractivity contribution < 1.29 is 14.3 Å². The molecule has 0 spiro atoms. The van der Waals surface area contributed by atoms with E-state index < -0.39 is 5.97 Å². The zero-order valence-electron chi connectivity index (χ0n) is 11.9. The number of nitrogens with zero attached hydrogens (tertiary/aromatic N) is 1. The largest absolute Gasteiger partial charge is 0.480 e. The van der Waals surface area contributed by atoms with Crippen LogP contribution in [0.2, 0.25) is 0 Å². The molecule has 0 radical (unpaired) electrons. The second kappa shape index (κ2) is 4.88. The van der Waals surface area contributed by atoms with Gasteiger partial charge in [-0.25, -0.2) is 0 Å². The minimum atomic E-state index is -0.680. The van der Waals surface area contributed by atoms with E-state index in [9.17, 15) is 9.90 Å². The van der Waals surface area contributed by atoms with Crippen LogP contribution in [0.15, 0.2) is 34.7 Å². The standard InChI is InChI=1S/C17H19NO3/c19-17(20)16-14-6-3-5-12(14)9-18(16)10-13-8-11-4-1-2-7-15(11)21-13/h1-2,4,7-8,12,14,16H,3,5-6,9-10H2,(H,19,20)/t12-,14-,16+/m1/s1. The Kier molecular flexibility index (Phi) is 3.00. The van der Waals surface area contributed by atoms with Gasteiger partial charge in [0, 0.05) is 11.9 Å². The predicted octanol–water partition coefficient (Wildman–Crippen LogP) is 3.12. The van der Waals surface area contributed by atoms with Crippen LogP contribution in [0.25, 0.3) is 11.0 Å². The van der Waals surface area contributed by atoms with Gasteiger partial charge in [-0.05, 0) is 36.8 Å². The van der Waals surface area contributed by atoms with Crippen LogP contribution in [-0.2, 0) is 11.3 Å². The lowest BCUT2D eigenvalue weighted by atomic mass is 9.94. The molecule has 2 aliphatic rings. The van der Waals surface area contributed by atoms with Gasteiger partial charge in [0.25, 0.3) is 0 Å². The van der Waals surface area contributed by atoms with Gasteiger partial charge in [-0.3, -0.25) is 9.69 Å². The van der Waals surface area contributed by atoms with E-state index in [-0.39, 0.29) is 6.04 Å². The minimum Gasteiger partial charge on any atom is -0.480 e. The smallest absolute Gasteiger partial charge is 0.321 e. The number of rotatable bonds is 3. The number of aliphatic carboxylic acids is 1. The monoisotopic (exact) mass is 285 g/mol. The third-order valence-electron chi connectivity index (χ3n) is 5.07. The summed E-state index contributed by atoms with van der Waals surface area (Å²) in [4.78, 5) is 13.7. The van der Waals surface area contributed by atoms with Crippen LogP contribution in [0.4, 0.5) is 0 Å². The predicted molar refractivity (Wildman–Crippen MR) is 78.9 cm³/mol. The number of fused-ring (bicyclic) bond motifs is 2. The quantitative estimate of drug-likeness (QED) is 0.941. The molecule has 1 N–H and O–H groups in total. The number of hydrogen-bond donors (Lipinski definition) is 1. The zero-order valence-corrected chi connectivity index (χ0v) is 11.9. The van der Waals surface area contributed by atoms with Gasteiger partial charge in [0.15, 0.2) is 0 Å². The van der Waals surface area contributed by atoms with Crippen molar-refractivity contribution in [3.05, 3.63) is 36.1 Å². The van der Waals surface area contributed by atoms with Crippen molar-refractivity contribution in [3.63, 3.8) is 0 Å². The molecule has 4 rings (SSSR count). The van der Waals surface area contributed by atoms with Crippen LogP contribution < -0.4 is 0 Å². The van der Waals surface area contributed by atoms with Gasteiger partial charge >= 0.3 is 5.97 Å². The Bertz CT molecular complexity index is 644. The summed E-state index contributed by atoms with van der Waals surface area (Å²) in [6.07, 6.45) is 3.40. The fourth-order valence-electron chi connectivity index (χ4n) is 4.21. The van der Waals surface area contributed by atoms with Crippen LogP contribution in [0.5, 0.6) is 0 Å². The average molecular weight is 285 g/mol. The second-order valence-corrected chi connectivity index (χ2v) is 6.32. The van der Waals surface area contributed by atoms with Crippen LogP contribution in [0.3, 0.4) is 0 Å². The molecule has 3 atom stereocenters. The number of carboxylic acids is 1. The third-order valence-corrected chi connectivity index (χ3v) is 5.07. The number of carbonyl (C=O) groups is 1. The zero-order chi connectivity index (χ0) is 14.4. The van der Waals surface area contributed by atoms with Gasteiger partial charge in [-0.15, -0.1) is 0 Å². The van der Waals surface area contributed by atoms with E-state index in [1.807, 2.05) is 30.3 Å². The number of furan rings is 1. The molecule has 4 nitrogen and oxygen atoms in total. The maximum absolute atomic E-state index is 11.6. The summed E-state index contributed by atoms with van der Waals surface area (Å²) in [6.45, 7) is 1.48. The Morgan fingerprint density at radius 1 is 1.33 bits per heavy atom. The summed E-state index contributed by atoms with van der Waals surface area (Å²) in [5, 5.41) is 10.7. The van der Waals surface area contributed by atoms with Crippen molar-refractivity contribution in [3.8, 4) is 0 Å². The number of likely N-dealkylation sites (tertiary alicyclic amines) is 1. The highest BCUT2D eigenvalue weighted by Gasteiger charge is 2.47. The van der Waals surface area contributed by atoms with Crippen molar-refractivity contribution in [2.45, 2.75) is 31.8 Å². The van der Waals surface area contributed by atoms with Gasteiger partial charge in [0.1, 0.15) is 17.4 Å². The molecule has 2 heterocycles. The molecule has 2 fully saturated rings. The lowest BCUT2D eigenvalue weighted by Crippen LogP contribution is -2.39. The van der Waals surface area contributed by atoms with Gasteiger partial charge in [0.05, 0.1) is 6.54 Å². The highest BCUT2D eigenvalue weighted by molar-refractivity contribution is 5.78. The molecule has 2 aromatic rings. The molecule has 1 aliphatic carbocycles. The van der Waals surface area contributed by atoms with Crippen LogP contribution in [0, 0.1) is 11.8 Å². The molecule has 1 saturated heterocycles. The summed E-state index contributed by atoms with van der Waals surface area (Å²) >= 11 is 0. The minimum absolute atomic E-state index is 0.326. The van der Waals surface area contributed by atoms with E-state index in [1.54, 1.807) is 0 Å². The Hall–Kier alpha value is -1.81. The molecule has 21 heavy (non-hydrogen) atoms. The highest BCUT2D eigenvalue weighted by Crippen LogP contribution is 2.42. The Balaban J connectivity index is 1.59. The lowest BCUT2D eigenvalue weighted by molar-refractivity contribution is -0.143. The fraction of sp³-hybridized carbons (Fsp3) is 0.471. The van der Waals surface area contributed by atoms with Crippen molar-refractivity contribution >= 4 is 16.9 Å². The first-order chi connectivity index (χ1) is 10.2. The molecule has 1 aromatic carbocycles. The average Bonchev–Trinajstić information content (AvgIpc) is 3.10. The molecule has 1 aliphatic heterocycles. The number of carboxylic acid groups (broad SMARTS) is 1. The van der Waals surface area contributed by atoms with Gasteiger partial charge in [0.2, 0.25) is 0 Å². The summed E-state index contributed by atoms with van der Waals surface area (Å²) in [5.41, 5.74) is 0.874. The van der Waals surface area contributed by atoms with Crippen molar-refractivity contribution in [2.75, 3.05) is 6.54 Å². The first kappa shape index (κ1) is 12.9. The molecular weight excluding hydrogens is 266 g/mol. The number of benzene rings is 1. The van der Waals surface area contributed by atoms with Gasteiger partial charge in [-0.1, -0.05) is 24.6 Å². The molecule has 0 bridgehead atoms. The van der Waals surface area contributed by atoms with Crippen molar-refractivity contribution in [2.24, 2.45) is 11.8 Å². The van der Waals surface area contributed by atoms with E-state index in [4.69, 9.17) is 4.42 Å². The molecule has 0 unspecified atom stereocenters. The van der Waals surface area contributed by atoms with E-state index in [1.165, 1.54) is 12.8 Å². The summed E-state index contributed by atoms with van der Waals surface area (Å²) in [7, 11) is 0. The SMILES string of the molecule is O=C(O)[C@@H]1[C@@H]2CCC[C@@H]2CN1Cc1cc2ccccc2o1. The first-order valence-electron chi connectivity index (χ1n) is 7.66. The molecule has 1 aromatic heterocycles. The van der Waals surface area contributed by atoms with Gasteiger partial charge in [-0.2, -0.15) is 0 Å². The van der Waals surface area contributed by atoms with Gasteiger partial charge < -0.3 is 9.52 Å². The third kappa shape index (κ3) is 2.14. The van der Waals surface area contributed by atoms with Crippen molar-refractivity contribution in [1.29, 1.82) is 0 Å². The summed E-state index contributed by atoms with van der Waals surface area (Å²) < 4.78 is 5.85. The van der Waals surface area contributed by atoms with Crippen LogP contribution in [-0.4, -0.2) is 28.6 Å². The highest BCUT2D eigenvalue weighted by atomic mass is 16.4. The summed E-state index contributed by atoms with van der Waals surface area (Å²) in [6, 6.07) is 9.60. The number of para-hydroxylation sites is 1. The Labute approximate surface area is 123 Å². The maximum Gasteiger partial charge on any atom is 0.321 e. The number of hydrogen-bond acceptors (Lipinski definition) is 3. The Morgan fingerprint density at radius 2 is 2.19 bits per heavy atom. The van der Waals surface area contributed by atoms with E-state index >= 15 is 0 Å². The fourth-order valence-corrected chi connectivity index (χ4v) is 4.21. The normalized spacial score (nSPS) is 29.0. The lowest BCUT2D eigenvalue weighted by Gasteiger charge is -2.22.